The van der Waals surface area contributed by atoms with Gasteiger partial charge in [0.15, 0.2) is 0 Å². The van der Waals surface area contributed by atoms with Gasteiger partial charge in [0.2, 0.25) is 0 Å². The number of rotatable bonds is 5. The van der Waals surface area contributed by atoms with Crippen molar-refractivity contribution in [1.29, 1.82) is 0 Å². The summed E-state index contributed by atoms with van der Waals surface area (Å²) >= 11 is 0. The Kier molecular flexibility index (Phi) is 5.45. The minimum absolute atomic E-state index is 0.372. The van der Waals surface area contributed by atoms with Gasteiger partial charge < -0.3 is 15.4 Å². The lowest BCUT2D eigenvalue weighted by molar-refractivity contribution is 0.0422. The summed E-state index contributed by atoms with van der Waals surface area (Å²) in [5, 5.41) is 0. The first-order chi connectivity index (χ1) is 6.74. The van der Waals surface area contributed by atoms with Crippen LogP contribution >= 0.6 is 0 Å². The Morgan fingerprint density at radius 3 is 2.64 bits per heavy atom. The molecule has 1 saturated heterocycles. The minimum Gasteiger partial charge on any atom is -0.381 e. The zero-order valence-electron chi connectivity index (χ0n) is 9.54. The zero-order valence-corrected chi connectivity index (χ0v) is 9.54. The third kappa shape index (κ3) is 3.95. The number of ether oxygens (including phenoxy) is 1. The summed E-state index contributed by atoms with van der Waals surface area (Å²) in [6.45, 7) is 5.13. The molecule has 14 heavy (non-hydrogen) atoms. The van der Waals surface area contributed by atoms with Crippen LogP contribution in [0.2, 0.25) is 0 Å². The molecule has 84 valence electrons. The Morgan fingerprint density at radius 1 is 1.43 bits per heavy atom. The van der Waals surface area contributed by atoms with E-state index in [1.54, 1.807) is 0 Å². The van der Waals surface area contributed by atoms with Crippen LogP contribution in [0.5, 0.6) is 0 Å². The maximum atomic E-state index is 5.90. The number of hydrogen-bond acceptors (Lipinski definition) is 3. The zero-order chi connectivity index (χ0) is 10.4. The van der Waals surface area contributed by atoms with E-state index in [2.05, 4.69) is 18.9 Å². The summed E-state index contributed by atoms with van der Waals surface area (Å²) < 4.78 is 5.35. The third-order valence-corrected chi connectivity index (χ3v) is 3.19. The number of nitrogens with zero attached hydrogens (tertiary/aromatic N) is 1. The van der Waals surface area contributed by atoms with Crippen LogP contribution in [0.3, 0.4) is 0 Å². The SMILES string of the molecule is CCC(N)CCN(C)C1CCOCC1. The lowest BCUT2D eigenvalue weighted by atomic mass is 10.1. The molecular weight excluding hydrogens is 176 g/mol. The predicted molar refractivity (Wildman–Crippen MR) is 59.4 cm³/mol. The largest absolute Gasteiger partial charge is 0.381 e. The molecule has 1 aliphatic rings. The summed E-state index contributed by atoms with van der Waals surface area (Å²) in [6, 6.07) is 1.09. The highest BCUT2D eigenvalue weighted by molar-refractivity contribution is 4.73. The van der Waals surface area contributed by atoms with Crippen LogP contribution in [-0.2, 0) is 4.74 Å². The summed E-state index contributed by atoms with van der Waals surface area (Å²) in [7, 11) is 2.21. The lowest BCUT2D eigenvalue weighted by Crippen LogP contribution is -2.38. The highest BCUT2D eigenvalue weighted by Crippen LogP contribution is 2.13. The van der Waals surface area contributed by atoms with Crippen molar-refractivity contribution in [2.75, 3.05) is 26.8 Å². The number of hydrogen-bond donors (Lipinski definition) is 1. The van der Waals surface area contributed by atoms with Crippen LogP contribution in [0, 0.1) is 0 Å². The Labute approximate surface area is 87.6 Å². The molecule has 0 aromatic carbocycles. The summed E-state index contributed by atoms with van der Waals surface area (Å²) in [6.07, 6.45) is 4.56. The van der Waals surface area contributed by atoms with Crippen LogP contribution < -0.4 is 5.73 Å². The van der Waals surface area contributed by atoms with Gasteiger partial charge in [0.05, 0.1) is 0 Å². The number of nitrogens with two attached hydrogens (primary N) is 1. The second kappa shape index (κ2) is 6.38. The molecule has 0 aliphatic carbocycles. The molecule has 1 fully saturated rings. The molecule has 0 spiro atoms. The van der Waals surface area contributed by atoms with Crippen LogP contribution in [0.15, 0.2) is 0 Å². The molecule has 3 heteroatoms. The molecule has 1 atom stereocenters. The molecule has 1 rings (SSSR count). The van der Waals surface area contributed by atoms with Crippen LogP contribution in [-0.4, -0.2) is 43.8 Å². The molecule has 0 amide bonds. The van der Waals surface area contributed by atoms with E-state index in [9.17, 15) is 0 Å². The first-order valence-electron chi connectivity index (χ1n) is 5.77. The fourth-order valence-corrected chi connectivity index (χ4v) is 1.88. The van der Waals surface area contributed by atoms with E-state index in [4.69, 9.17) is 10.5 Å². The van der Waals surface area contributed by atoms with Gasteiger partial charge in [0.25, 0.3) is 0 Å². The maximum absolute atomic E-state index is 5.90. The summed E-state index contributed by atoms with van der Waals surface area (Å²) in [5.41, 5.74) is 5.90. The fraction of sp³-hybridized carbons (Fsp3) is 1.00. The Bertz CT molecular complexity index is 146. The Morgan fingerprint density at radius 2 is 2.07 bits per heavy atom. The van der Waals surface area contributed by atoms with Gasteiger partial charge in [-0.1, -0.05) is 6.92 Å². The van der Waals surface area contributed by atoms with Gasteiger partial charge in [0, 0.05) is 25.3 Å². The maximum Gasteiger partial charge on any atom is 0.0480 e. The summed E-state index contributed by atoms with van der Waals surface area (Å²) in [5.74, 6) is 0. The first-order valence-corrected chi connectivity index (χ1v) is 5.77. The van der Waals surface area contributed by atoms with E-state index < -0.39 is 0 Å². The Hall–Kier alpha value is -0.120. The van der Waals surface area contributed by atoms with Gasteiger partial charge in [-0.3, -0.25) is 0 Å². The predicted octanol–water partition coefficient (Wildman–Crippen LogP) is 1.22. The van der Waals surface area contributed by atoms with Crippen LogP contribution in [0.4, 0.5) is 0 Å². The van der Waals surface area contributed by atoms with Gasteiger partial charge in [-0.05, 0) is 39.3 Å². The van der Waals surface area contributed by atoms with E-state index in [-0.39, 0.29) is 0 Å². The van der Waals surface area contributed by atoms with Crippen molar-refractivity contribution >= 4 is 0 Å². The summed E-state index contributed by atoms with van der Waals surface area (Å²) in [4.78, 5) is 2.44. The van der Waals surface area contributed by atoms with Gasteiger partial charge in [-0.25, -0.2) is 0 Å². The van der Waals surface area contributed by atoms with Crippen LogP contribution in [0.1, 0.15) is 32.6 Å². The van der Waals surface area contributed by atoms with Gasteiger partial charge in [-0.15, -0.1) is 0 Å². The van der Waals surface area contributed by atoms with E-state index in [0.717, 1.165) is 32.6 Å². The first kappa shape index (κ1) is 12.0. The van der Waals surface area contributed by atoms with Crippen molar-refractivity contribution in [3.05, 3.63) is 0 Å². The monoisotopic (exact) mass is 200 g/mol. The molecule has 0 saturated carbocycles. The molecule has 0 aromatic heterocycles. The van der Waals surface area contributed by atoms with E-state index in [1.807, 2.05) is 0 Å². The fourth-order valence-electron chi connectivity index (χ4n) is 1.88. The van der Waals surface area contributed by atoms with E-state index in [0.29, 0.717) is 12.1 Å². The normalized spacial score (nSPS) is 21.4. The second-order valence-corrected chi connectivity index (χ2v) is 4.28. The van der Waals surface area contributed by atoms with E-state index in [1.165, 1.54) is 12.8 Å². The van der Waals surface area contributed by atoms with Crippen molar-refractivity contribution in [2.45, 2.75) is 44.7 Å². The van der Waals surface area contributed by atoms with Gasteiger partial charge in [-0.2, -0.15) is 0 Å². The molecular formula is C11H24N2O. The van der Waals surface area contributed by atoms with Crippen molar-refractivity contribution in [3.63, 3.8) is 0 Å². The van der Waals surface area contributed by atoms with Crippen molar-refractivity contribution in [3.8, 4) is 0 Å². The van der Waals surface area contributed by atoms with Crippen molar-refractivity contribution in [2.24, 2.45) is 5.73 Å². The highest BCUT2D eigenvalue weighted by atomic mass is 16.5. The molecule has 3 nitrogen and oxygen atoms in total. The average Bonchev–Trinajstić information content (AvgIpc) is 2.26. The molecule has 0 bridgehead atoms. The van der Waals surface area contributed by atoms with Gasteiger partial charge in [0.1, 0.15) is 0 Å². The topological polar surface area (TPSA) is 38.5 Å². The standard InChI is InChI=1S/C11H24N2O/c1-3-10(12)4-7-13(2)11-5-8-14-9-6-11/h10-11H,3-9,12H2,1-2H3. The molecule has 0 radical (unpaired) electrons. The molecule has 1 aliphatic heterocycles. The highest BCUT2D eigenvalue weighted by Gasteiger charge is 2.18. The smallest absolute Gasteiger partial charge is 0.0480 e. The second-order valence-electron chi connectivity index (χ2n) is 4.28. The molecule has 1 heterocycles. The quantitative estimate of drug-likeness (QED) is 0.725. The Balaban J connectivity index is 2.16. The average molecular weight is 200 g/mol. The minimum atomic E-state index is 0.372. The lowest BCUT2D eigenvalue weighted by Gasteiger charge is -2.31. The van der Waals surface area contributed by atoms with Gasteiger partial charge >= 0.3 is 0 Å². The van der Waals surface area contributed by atoms with E-state index >= 15 is 0 Å². The van der Waals surface area contributed by atoms with Crippen LogP contribution in [0.25, 0.3) is 0 Å². The third-order valence-electron chi connectivity index (χ3n) is 3.19. The molecule has 0 aromatic rings. The van der Waals surface area contributed by atoms with Crippen molar-refractivity contribution < 1.29 is 4.74 Å². The van der Waals surface area contributed by atoms with Crippen molar-refractivity contribution in [1.82, 2.24) is 4.90 Å². The molecule has 1 unspecified atom stereocenters. The molecule has 2 N–H and O–H groups in total.